The molecule has 0 spiro atoms. The van der Waals surface area contributed by atoms with E-state index in [9.17, 15) is 0 Å². The SMILES string of the molecule is c1cc2ncc(-c3noc(CC4CCCNC4)n3)cc2s1. The molecule has 1 saturated heterocycles. The van der Waals surface area contributed by atoms with Crippen molar-refractivity contribution in [2.75, 3.05) is 13.1 Å². The lowest BCUT2D eigenvalue weighted by Crippen LogP contribution is -2.30. The average Bonchev–Trinajstić information content (AvgIpc) is 3.16. The summed E-state index contributed by atoms with van der Waals surface area (Å²) in [5.74, 6) is 1.96. The number of nitrogens with one attached hydrogen (secondary N) is 1. The van der Waals surface area contributed by atoms with Crippen molar-refractivity contribution >= 4 is 21.6 Å². The molecule has 1 fully saturated rings. The van der Waals surface area contributed by atoms with Crippen LogP contribution in [0, 0.1) is 5.92 Å². The summed E-state index contributed by atoms with van der Waals surface area (Å²) in [4.78, 5) is 8.95. The molecule has 0 aromatic carbocycles. The lowest BCUT2D eigenvalue weighted by molar-refractivity contribution is 0.316. The van der Waals surface area contributed by atoms with Crippen LogP contribution in [0.4, 0.5) is 0 Å². The first-order valence-electron chi connectivity index (χ1n) is 7.25. The molecular formula is C15H16N4OS. The molecule has 1 aliphatic rings. The fourth-order valence-corrected chi connectivity index (χ4v) is 3.55. The maximum atomic E-state index is 5.40. The van der Waals surface area contributed by atoms with Gasteiger partial charge < -0.3 is 9.84 Å². The number of thiophene rings is 1. The summed E-state index contributed by atoms with van der Waals surface area (Å²) in [6, 6.07) is 4.09. The van der Waals surface area contributed by atoms with Crippen molar-refractivity contribution in [3.63, 3.8) is 0 Å². The zero-order valence-corrected chi connectivity index (χ0v) is 12.4. The van der Waals surface area contributed by atoms with Crippen LogP contribution in [0.15, 0.2) is 28.2 Å². The monoisotopic (exact) mass is 300 g/mol. The Bertz CT molecular complexity index is 745. The number of fused-ring (bicyclic) bond motifs is 1. The Labute approximate surface area is 126 Å². The molecule has 3 aromatic rings. The van der Waals surface area contributed by atoms with Gasteiger partial charge in [0, 0.05) is 18.2 Å². The number of pyridine rings is 1. The van der Waals surface area contributed by atoms with E-state index in [-0.39, 0.29) is 0 Å². The number of piperidine rings is 1. The number of hydrogen-bond donors (Lipinski definition) is 1. The molecule has 0 bridgehead atoms. The van der Waals surface area contributed by atoms with Gasteiger partial charge in [0.15, 0.2) is 0 Å². The largest absolute Gasteiger partial charge is 0.339 e. The van der Waals surface area contributed by atoms with Crippen LogP contribution in [0.2, 0.25) is 0 Å². The second-order valence-electron chi connectivity index (χ2n) is 5.46. The first kappa shape index (κ1) is 12.9. The minimum atomic E-state index is 0.602. The van der Waals surface area contributed by atoms with Crippen LogP contribution in [0.1, 0.15) is 18.7 Å². The Morgan fingerprint density at radius 1 is 1.43 bits per heavy atom. The fraction of sp³-hybridized carbons (Fsp3) is 0.400. The Hall–Kier alpha value is -1.79. The minimum absolute atomic E-state index is 0.602. The molecule has 21 heavy (non-hydrogen) atoms. The molecule has 1 atom stereocenters. The van der Waals surface area contributed by atoms with Crippen molar-refractivity contribution in [2.24, 2.45) is 5.92 Å². The summed E-state index contributed by atoms with van der Waals surface area (Å²) < 4.78 is 6.55. The zero-order valence-electron chi connectivity index (χ0n) is 11.6. The topological polar surface area (TPSA) is 63.8 Å². The second kappa shape index (κ2) is 5.54. The summed E-state index contributed by atoms with van der Waals surface area (Å²) in [5.41, 5.74) is 1.93. The standard InChI is InChI=1S/C15H16N4OS/c1-2-10(8-16-4-1)6-14-18-15(19-20-14)11-7-13-12(17-9-11)3-5-21-13/h3,5,7,9-10,16H,1-2,4,6,8H2. The van der Waals surface area contributed by atoms with Gasteiger partial charge in [0.1, 0.15) is 0 Å². The van der Waals surface area contributed by atoms with E-state index in [1.807, 2.05) is 17.6 Å². The fourth-order valence-electron chi connectivity index (χ4n) is 2.77. The summed E-state index contributed by atoms with van der Waals surface area (Å²) in [6.07, 6.45) is 5.12. The molecule has 108 valence electrons. The van der Waals surface area contributed by atoms with Gasteiger partial charge in [0.25, 0.3) is 0 Å². The normalized spacial score (nSPS) is 19.1. The van der Waals surface area contributed by atoms with Crippen LogP contribution >= 0.6 is 11.3 Å². The highest BCUT2D eigenvalue weighted by Gasteiger charge is 2.18. The molecule has 0 radical (unpaired) electrons. The predicted molar refractivity (Wildman–Crippen MR) is 82.2 cm³/mol. The van der Waals surface area contributed by atoms with Gasteiger partial charge in [0.2, 0.25) is 11.7 Å². The van der Waals surface area contributed by atoms with Gasteiger partial charge in [-0.05, 0) is 49.4 Å². The quantitative estimate of drug-likeness (QED) is 0.806. The minimum Gasteiger partial charge on any atom is -0.339 e. The van der Waals surface area contributed by atoms with E-state index >= 15 is 0 Å². The highest BCUT2D eigenvalue weighted by Crippen LogP contribution is 2.25. The van der Waals surface area contributed by atoms with Crippen molar-refractivity contribution in [3.05, 3.63) is 29.6 Å². The number of aromatic nitrogens is 3. The van der Waals surface area contributed by atoms with Crippen molar-refractivity contribution < 1.29 is 4.52 Å². The maximum absolute atomic E-state index is 5.40. The average molecular weight is 300 g/mol. The Kier molecular flexibility index (Phi) is 3.40. The highest BCUT2D eigenvalue weighted by molar-refractivity contribution is 7.17. The number of nitrogens with zero attached hydrogens (tertiary/aromatic N) is 3. The van der Waals surface area contributed by atoms with Crippen molar-refractivity contribution in [1.29, 1.82) is 0 Å². The van der Waals surface area contributed by atoms with Crippen LogP contribution in [0.5, 0.6) is 0 Å². The van der Waals surface area contributed by atoms with Crippen LogP contribution in [-0.4, -0.2) is 28.2 Å². The van der Waals surface area contributed by atoms with Crippen molar-refractivity contribution in [3.8, 4) is 11.4 Å². The Morgan fingerprint density at radius 2 is 2.43 bits per heavy atom. The van der Waals surface area contributed by atoms with Crippen molar-refractivity contribution in [1.82, 2.24) is 20.4 Å². The highest BCUT2D eigenvalue weighted by atomic mass is 32.1. The van der Waals surface area contributed by atoms with E-state index < -0.39 is 0 Å². The molecule has 4 rings (SSSR count). The van der Waals surface area contributed by atoms with Gasteiger partial charge in [0.05, 0.1) is 10.2 Å². The van der Waals surface area contributed by atoms with E-state index in [1.54, 1.807) is 11.3 Å². The molecular weight excluding hydrogens is 284 g/mol. The third-order valence-electron chi connectivity index (χ3n) is 3.89. The van der Waals surface area contributed by atoms with E-state index in [0.29, 0.717) is 11.7 Å². The molecule has 4 heterocycles. The molecule has 6 heteroatoms. The van der Waals surface area contributed by atoms with Gasteiger partial charge in [-0.25, -0.2) is 0 Å². The molecule has 0 aliphatic carbocycles. The third kappa shape index (κ3) is 2.69. The lowest BCUT2D eigenvalue weighted by Gasteiger charge is -2.20. The molecule has 1 unspecified atom stereocenters. The molecule has 0 saturated carbocycles. The third-order valence-corrected chi connectivity index (χ3v) is 4.74. The summed E-state index contributed by atoms with van der Waals surface area (Å²) in [6.45, 7) is 2.17. The molecule has 5 nitrogen and oxygen atoms in total. The summed E-state index contributed by atoms with van der Waals surface area (Å²) >= 11 is 1.67. The first-order valence-corrected chi connectivity index (χ1v) is 8.13. The number of rotatable bonds is 3. The van der Waals surface area contributed by atoms with E-state index in [2.05, 4.69) is 26.5 Å². The smallest absolute Gasteiger partial charge is 0.227 e. The van der Waals surface area contributed by atoms with Gasteiger partial charge in [-0.3, -0.25) is 4.98 Å². The van der Waals surface area contributed by atoms with E-state index in [0.717, 1.165) is 41.2 Å². The van der Waals surface area contributed by atoms with Gasteiger partial charge >= 0.3 is 0 Å². The van der Waals surface area contributed by atoms with Gasteiger partial charge in [-0.15, -0.1) is 11.3 Å². The first-order chi connectivity index (χ1) is 10.4. The van der Waals surface area contributed by atoms with E-state index in [1.165, 1.54) is 12.8 Å². The Morgan fingerprint density at radius 3 is 3.33 bits per heavy atom. The van der Waals surface area contributed by atoms with Crippen LogP contribution in [0.3, 0.4) is 0 Å². The van der Waals surface area contributed by atoms with Gasteiger partial charge in [-0.2, -0.15) is 4.98 Å². The summed E-state index contributed by atoms with van der Waals surface area (Å²) in [7, 11) is 0. The molecule has 1 N–H and O–H groups in total. The van der Waals surface area contributed by atoms with Crippen LogP contribution < -0.4 is 5.32 Å². The maximum Gasteiger partial charge on any atom is 0.227 e. The molecule has 0 amide bonds. The lowest BCUT2D eigenvalue weighted by atomic mass is 9.96. The summed E-state index contributed by atoms with van der Waals surface area (Å²) in [5, 5.41) is 9.55. The number of hydrogen-bond acceptors (Lipinski definition) is 6. The van der Waals surface area contributed by atoms with Gasteiger partial charge in [-0.1, -0.05) is 5.16 Å². The second-order valence-corrected chi connectivity index (χ2v) is 6.40. The Balaban J connectivity index is 1.55. The van der Waals surface area contributed by atoms with E-state index in [4.69, 9.17) is 4.52 Å². The van der Waals surface area contributed by atoms with Crippen molar-refractivity contribution in [2.45, 2.75) is 19.3 Å². The molecule has 1 aliphatic heterocycles. The van der Waals surface area contributed by atoms with Crippen LogP contribution in [-0.2, 0) is 6.42 Å². The predicted octanol–water partition coefficient (Wildman–Crippen LogP) is 2.89. The van der Waals surface area contributed by atoms with Crippen LogP contribution in [0.25, 0.3) is 21.6 Å². The zero-order chi connectivity index (χ0) is 14.1. The molecule has 3 aromatic heterocycles.